The van der Waals surface area contributed by atoms with Crippen molar-refractivity contribution in [1.82, 2.24) is 5.01 Å². The van der Waals surface area contributed by atoms with Crippen LogP contribution in [0.1, 0.15) is 16.7 Å². The molecule has 35 heavy (non-hydrogen) atoms. The van der Waals surface area contributed by atoms with E-state index in [2.05, 4.69) is 18.7 Å². The zero-order valence-electron chi connectivity index (χ0n) is 18.5. The number of nitrogens with zero attached hydrogens (tertiary/aromatic N) is 3. The molecule has 3 aromatic rings. The molecule has 0 unspecified atom stereocenters. The minimum Gasteiger partial charge on any atom is -0.362 e. The first-order valence-corrected chi connectivity index (χ1v) is 12.6. The average molecular weight is 520 g/mol. The van der Waals surface area contributed by atoms with Crippen molar-refractivity contribution in [2.75, 3.05) is 14.1 Å². The van der Waals surface area contributed by atoms with Gasteiger partial charge in [0.1, 0.15) is 11.5 Å². The van der Waals surface area contributed by atoms with Gasteiger partial charge in [0.05, 0.1) is 5.69 Å². The van der Waals surface area contributed by atoms with Crippen LogP contribution in [0.3, 0.4) is 0 Å². The van der Waals surface area contributed by atoms with Gasteiger partial charge in [-0.15, -0.1) is 5.11 Å². The number of hydrogen-bond acceptors (Lipinski definition) is 8. The predicted molar refractivity (Wildman–Crippen MR) is 129 cm³/mol. The fraction of sp³-hybridized carbons (Fsp3) is 0.0909. The summed E-state index contributed by atoms with van der Waals surface area (Å²) in [4.78, 5) is 0. The Balaban J connectivity index is 2.00. The summed E-state index contributed by atoms with van der Waals surface area (Å²) in [5.41, 5.74) is 3.46. The molecule has 0 amide bonds. The van der Waals surface area contributed by atoms with Crippen molar-refractivity contribution >= 4 is 38.1 Å². The topological polar surface area (TPSA) is 155 Å². The maximum absolute atomic E-state index is 11.0. The molecule has 3 rings (SSSR count). The van der Waals surface area contributed by atoms with Gasteiger partial charge in [-0.1, -0.05) is 41.6 Å². The summed E-state index contributed by atoms with van der Waals surface area (Å²) in [7, 11) is -5.81. The Morgan fingerprint density at radius 1 is 0.743 bits per heavy atom. The molecule has 11 nitrogen and oxygen atoms in total. The Morgan fingerprint density at radius 3 is 1.54 bits per heavy atom. The molecule has 0 spiro atoms. The maximum atomic E-state index is 11.0. The summed E-state index contributed by atoms with van der Waals surface area (Å²) >= 11 is 0. The molecule has 2 N–H and O–H groups in total. The van der Waals surface area contributed by atoms with Gasteiger partial charge in [0, 0.05) is 14.1 Å². The lowest BCUT2D eigenvalue weighted by molar-refractivity contribution is 0.384. The van der Waals surface area contributed by atoms with E-state index >= 15 is 0 Å². The molecule has 13 heteroatoms. The molecule has 184 valence electrons. The highest BCUT2D eigenvalue weighted by atomic mass is 32.3. The molecule has 0 radical (unpaired) electrons. The Labute approximate surface area is 202 Å². The van der Waals surface area contributed by atoms with Crippen LogP contribution < -0.4 is 8.37 Å². The maximum Gasteiger partial charge on any atom is 0.446 e. The smallest absolute Gasteiger partial charge is 0.362 e. The summed E-state index contributed by atoms with van der Waals surface area (Å²) in [6.07, 6.45) is 1.85. The van der Waals surface area contributed by atoms with Gasteiger partial charge in [-0.05, 0) is 64.7 Å². The molecule has 3 aromatic carbocycles. The average Bonchev–Trinajstić information content (AvgIpc) is 2.76. The molecule has 0 saturated heterocycles. The number of benzene rings is 3. The minimum absolute atomic E-state index is 0.0805. The van der Waals surface area contributed by atoms with Crippen LogP contribution in [0.15, 0.2) is 83.1 Å². The van der Waals surface area contributed by atoms with Crippen molar-refractivity contribution < 1.29 is 34.3 Å². The van der Waals surface area contributed by atoms with Crippen molar-refractivity contribution in [1.29, 1.82) is 0 Å². The molecule has 0 heterocycles. The summed E-state index contributed by atoms with van der Waals surface area (Å²) in [6.45, 7) is 0. The molecule has 0 aromatic heterocycles. The van der Waals surface area contributed by atoms with Crippen LogP contribution in [-0.2, 0) is 20.8 Å². The van der Waals surface area contributed by atoms with E-state index in [-0.39, 0.29) is 11.5 Å². The van der Waals surface area contributed by atoms with Gasteiger partial charge in [0.15, 0.2) is 0 Å². The highest BCUT2D eigenvalue weighted by molar-refractivity contribution is 7.81. The molecule has 0 fully saturated rings. The van der Waals surface area contributed by atoms with Crippen LogP contribution in [0, 0.1) is 0 Å². The standard InChI is InChI=1S/C22H21N3O8S2/c1-25(2)24-23-19-9-3-16(4-10-19)15-22(17-5-11-20(12-6-17)32-34(26,27)28)18-7-13-21(14-8-18)33-35(29,30)31/h3-15H,1-2H3,(H,26,27,28)(H,29,30,31). The molecule has 0 bridgehead atoms. The number of hydrogen-bond donors (Lipinski definition) is 2. The van der Waals surface area contributed by atoms with Crippen molar-refractivity contribution in [2.45, 2.75) is 0 Å². The second-order valence-electron chi connectivity index (χ2n) is 7.26. The fourth-order valence-corrected chi connectivity index (χ4v) is 3.61. The molecular formula is C22H21N3O8S2. The Hall–Kier alpha value is -3.78. The summed E-state index contributed by atoms with van der Waals surface area (Å²) in [5.74, 6) is -0.161. The summed E-state index contributed by atoms with van der Waals surface area (Å²) in [6, 6.07) is 19.1. The quantitative estimate of drug-likeness (QED) is 0.183. The lowest BCUT2D eigenvalue weighted by Crippen LogP contribution is -2.06. The molecular weight excluding hydrogens is 498 g/mol. The van der Waals surface area contributed by atoms with Gasteiger partial charge in [0.2, 0.25) is 0 Å². The van der Waals surface area contributed by atoms with E-state index in [9.17, 15) is 16.8 Å². The second kappa shape index (κ2) is 10.7. The van der Waals surface area contributed by atoms with E-state index in [0.29, 0.717) is 22.4 Å². The molecule has 0 aliphatic rings. The summed E-state index contributed by atoms with van der Waals surface area (Å²) < 4.78 is 70.5. The largest absolute Gasteiger partial charge is 0.446 e. The van der Waals surface area contributed by atoms with Gasteiger partial charge in [-0.2, -0.15) is 16.8 Å². The van der Waals surface area contributed by atoms with Gasteiger partial charge in [-0.25, -0.2) is 0 Å². The van der Waals surface area contributed by atoms with Gasteiger partial charge < -0.3 is 8.37 Å². The van der Waals surface area contributed by atoms with Crippen LogP contribution in [0.5, 0.6) is 11.5 Å². The van der Waals surface area contributed by atoms with Gasteiger partial charge >= 0.3 is 20.8 Å². The first-order valence-electron chi connectivity index (χ1n) is 9.83. The van der Waals surface area contributed by atoms with E-state index in [0.717, 1.165) is 5.56 Å². The van der Waals surface area contributed by atoms with Crippen LogP contribution in [-0.4, -0.2) is 45.0 Å². The monoisotopic (exact) mass is 519 g/mol. The van der Waals surface area contributed by atoms with Crippen molar-refractivity contribution in [3.63, 3.8) is 0 Å². The lowest BCUT2D eigenvalue weighted by atomic mass is 9.95. The highest BCUT2D eigenvalue weighted by Gasteiger charge is 2.11. The van der Waals surface area contributed by atoms with Crippen LogP contribution in [0.4, 0.5) is 5.69 Å². The second-order valence-corrected chi connectivity index (χ2v) is 9.30. The van der Waals surface area contributed by atoms with E-state index in [4.69, 9.17) is 9.11 Å². The molecule has 0 aliphatic heterocycles. The van der Waals surface area contributed by atoms with Gasteiger partial charge in [-0.3, -0.25) is 14.1 Å². The Morgan fingerprint density at radius 2 is 1.17 bits per heavy atom. The lowest BCUT2D eigenvalue weighted by Gasteiger charge is -2.11. The molecule has 0 atom stereocenters. The van der Waals surface area contributed by atoms with Crippen molar-refractivity contribution in [3.8, 4) is 11.5 Å². The van der Waals surface area contributed by atoms with Crippen molar-refractivity contribution in [2.24, 2.45) is 10.3 Å². The zero-order chi connectivity index (χ0) is 25.6. The normalized spacial score (nSPS) is 11.8. The highest BCUT2D eigenvalue weighted by Crippen LogP contribution is 2.30. The fourth-order valence-electron chi connectivity index (χ4n) is 2.90. The third-order valence-electron chi connectivity index (χ3n) is 4.28. The van der Waals surface area contributed by atoms with Crippen molar-refractivity contribution in [3.05, 3.63) is 89.5 Å². The first-order chi connectivity index (χ1) is 16.4. The predicted octanol–water partition coefficient (Wildman–Crippen LogP) is 4.20. The van der Waals surface area contributed by atoms with Crippen LogP contribution in [0.25, 0.3) is 11.6 Å². The molecule has 0 saturated carbocycles. The SMILES string of the molecule is CN(C)N=Nc1ccc(C=C(c2ccc(OS(=O)(=O)O)cc2)c2ccc(OS(=O)(=O)O)cc2)cc1. The third kappa shape index (κ3) is 8.50. The Bertz CT molecular complexity index is 1350. The van der Waals surface area contributed by atoms with E-state index in [1.165, 1.54) is 24.3 Å². The van der Waals surface area contributed by atoms with Crippen LogP contribution >= 0.6 is 0 Å². The number of rotatable bonds is 9. The summed E-state index contributed by atoms with van der Waals surface area (Å²) in [5, 5.41) is 9.60. The first kappa shape index (κ1) is 25.8. The third-order valence-corrected chi connectivity index (χ3v) is 5.08. The Kier molecular flexibility index (Phi) is 7.86. The van der Waals surface area contributed by atoms with E-state index < -0.39 is 20.8 Å². The minimum atomic E-state index is -4.66. The van der Waals surface area contributed by atoms with E-state index in [1.807, 2.05) is 18.2 Å². The zero-order valence-corrected chi connectivity index (χ0v) is 20.1. The van der Waals surface area contributed by atoms with E-state index in [1.54, 1.807) is 55.5 Å². The van der Waals surface area contributed by atoms with Crippen LogP contribution in [0.2, 0.25) is 0 Å². The molecule has 0 aliphatic carbocycles. The van der Waals surface area contributed by atoms with Gasteiger partial charge in [0.25, 0.3) is 0 Å².